The van der Waals surface area contributed by atoms with Gasteiger partial charge in [-0.15, -0.1) is 11.3 Å². The molecule has 1 aliphatic carbocycles. The van der Waals surface area contributed by atoms with Gasteiger partial charge in [0, 0.05) is 12.5 Å². The van der Waals surface area contributed by atoms with Crippen LogP contribution in [0.25, 0.3) is 0 Å². The first-order valence-electron chi connectivity index (χ1n) is 6.37. The number of carboxylic acid groups (broad SMARTS) is 1. The summed E-state index contributed by atoms with van der Waals surface area (Å²) in [5.41, 5.74) is 2.40. The van der Waals surface area contributed by atoms with Crippen molar-refractivity contribution in [2.24, 2.45) is 0 Å². The average molecular weight is 323 g/mol. The van der Waals surface area contributed by atoms with E-state index in [4.69, 9.17) is 5.11 Å². The van der Waals surface area contributed by atoms with Crippen molar-refractivity contribution in [3.63, 3.8) is 0 Å². The van der Waals surface area contributed by atoms with Crippen molar-refractivity contribution in [1.29, 1.82) is 0 Å². The van der Waals surface area contributed by atoms with E-state index < -0.39 is 16.0 Å². The third-order valence-corrected chi connectivity index (χ3v) is 6.09. The van der Waals surface area contributed by atoms with E-state index in [-0.39, 0.29) is 22.2 Å². The van der Waals surface area contributed by atoms with Crippen molar-refractivity contribution in [3.05, 3.63) is 51.7 Å². The van der Waals surface area contributed by atoms with Crippen LogP contribution in [0.5, 0.6) is 0 Å². The summed E-state index contributed by atoms with van der Waals surface area (Å²) >= 11 is 0.908. The summed E-state index contributed by atoms with van der Waals surface area (Å²) < 4.78 is 26.9. The molecule has 0 saturated heterocycles. The highest BCUT2D eigenvalue weighted by Crippen LogP contribution is 2.34. The molecule has 1 unspecified atom stereocenters. The predicted octanol–water partition coefficient (Wildman–Crippen LogP) is 2.06. The van der Waals surface area contributed by atoms with Gasteiger partial charge in [-0.05, 0) is 29.0 Å². The van der Waals surface area contributed by atoms with Gasteiger partial charge in [-0.1, -0.05) is 24.3 Å². The fourth-order valence-electron chi connectivity index (χ4n) is 2.50. The Morgan fingerprint density at radius 1 is 1.33 bits per heavy atom. The lowest BCUT2D eigenvalue weighted by Crippen LogP contribution is -2.33. The van der Waals surface area contributed by atoms with Gasteiger partial charge in [0.05, 0.1) is 0 Å². The molecule has 1 heterocycles. The molecule has 0 radical (unpaired) electrons. The van der Waals surface area contributed by atoms with Crippen molar-refractivity contribution >= 4 is 27.3 Å². The van der Waals surface area contributed by atoms with Crippen LogP contribution in [0.4, 0.5) is 0 Å². The minimum Gasteiger partial charge on any atom is -0.477 e. The number of nitrogens with one attached hydrogen (secondary N) is 1. The zero-order valence-electron chi connectivity index (χ0n) is 10.9. The number of hydrogen-bond donors (Lipinski definition) is 2. The van der Waals surface area contributed by atoms with Gasteiger partial charge < -0.3 is 5.11 Å². The molecule has 1 aromatic carbocycles. The van der Waals surface area contributed by atoms with E-state index in [0.717, 1.165) is 23.3 Å². The lowest BCUT2D eigenvalue weighted by atomic mass is 9.78. The second-order valence-electron chi connectivity index (χ2n) is 4.87. The summed E-state index contributed by atoms with van der Waals surface area (Å²) in [6.45, 7) is 0.286. The molecular weight excluding hydrogens is 310 g/mol. The van der Waals surface area contributed by atoms with Gasteiger partial charge in [0.15, 0.2) is 0 Å². The number of carbonyl (C=O) groups is 1. The van der Waals surface area contributed by atoms with Crippen LogP contribution in [0.2, 0.25) is 0 Å². The third-order valence-electron chi connectivity index (χ3n) is 3.59. The molecule has 0 saturated carbocycles. The number of fused-ring (bicyclic) bond motifs is 1. The number of sulfonamides is 1. The zero-order chi connectivity index (χ0) is 15.0. The van der Waals surface area contributed by atoms with E-state index >= 15 is 0 Å². The summed E-state index contributed by atoms with van der Waals surface area (Å²) in [5, 5.41) is 10.5. The monoisotopic (exact) mass is 323 g/mol. The van der Waals surface area contributed by atoms with Crippen molar-refractivity contribution < 1.29 is 18.3 Å². The summed E-state index contributed by atoms with van der Waals surface area (Å²) in [6.07, 6.45) is 0.841. The molecule has 0 bridgehead atoms. The maximum absolute atomic E-state index is 12.2. The van der Waals surface area contributed by atoms with Crippen molar-refractivity contribution in [3.8, 4) is 0 Å². The highest BCUT2D eigenvalue weighted by molar-refractivity contribution is 7.89. The lowest BCUT2D eigenvalue weighted by molar-refractivity contribution is 0.0698. The van der Waals surface area contributed by atoms with Gasteiger partial charge >= 0.3 is 5.97 Å². The zero-order valence-corrected chi connectivity index (χ0v) is 12.6. The molecule has 7 heteroatoms. The minimum atomic E-state index is -3.79. The van der Waals surface area contributed by atoms with Crippen LogP contribution in [0, 0.1) is 0 Å². The highest BCUT2D eigenvalue weighted by atomic mass is 32.2. The molecule has 1 atom stereocenters. The van der Waals surface area contributed by atoms with Crippen molar-refractivity contribution in [2.75, 3.05) is 6.54 Å². The summed E-state index contributed by atoms with van der Waals surface area (Å²) in [5.74, 6) is -1.07. The van der Waals surface area contributed by atoms with Gasteiger partial charge in [-0.2, -0.15) is 0 Å². The lowest BCUT2D eigenvalue weighted by Gasteiger charge is -2.30. The molecule has 0 amide bonds. The van der Waals surface area contributed by atoms with E-state index in [1.54, 1.807) is 0 Å². The number of aromatic carboxylic acids is 1. The Labute approximate surface area is 126 Å². The Morgan fingerprint density at radius 2 is 2.10 bits per heavy atom. The Balaban J connectivity index is 1.74. The van der Waals surface area contributed by atoms with Gasteiger partial charge in [-0.25, -0.2) is 17.9 Å². The second-order valence-corrected chi connectivity index (χ2v) is 7.52. The maximum Gasteiger partial charge on any atom is 0.347 e. The fourth-order valence-corrected chi connectivity index (χ4v) is 4.84. The van der Waals surface area contributed by atoms with Crippen LogP contribution in [0.3, 0.4) is 0 Å². The first-order chi connectivity index (χ1) is 9.99. The number of benzene rings is 1. The van der Waals surface area contributed by atoms with Gasteiger partial charge in [-0.3, -0.25) is 0 Å². The van der Waals surface area contributed by atoms with Crippen LogP contribution in [0.1, 0.15) is 26.7 Å². The normalized spacial score (nSPS) is 17.0. The molecule has 2 aromatic rings. The van der Waals surface area contributed by atoms with Crippen molar-refractivity contribution in [2.45, 2.75) is 17.2 Å². The largest absolute Gasteiger partial charge is 0.477 e. The second kappa shape index (κ2) is 5.25. The molecule has 1 aliphatic rings. The van der Waals surface area contributed by atoms with Crippen LogP contribution in [0.15, 0.2) is 40.6 Å². The maximum atomic E-state index is 12.2. The Morgan fingerprint density at radius 3 is 2.81 bits per heavy atom. The van der Waals surface area contributed by atoms with E-state index in [9.17, 15) is 13.2 Å². The fraction of sp³-hybridized carbons (Fsp3) is 0.214. The van der Waals surface area contributed by atoms with Crippen LogP contribution in [-0.2, 0) is 16.4 Å². The molecule has 0 spiro atoms. The molecule has 21 heavy (non-hydrogen) atoms. The summed E-state index contributed by atoms with van der Waals surface area (Å²) in [7, 11) is -3.79. The van der Waals surface area contributed by atoms with Gasteiger partial charge in [0.25, 0.3) is 0 Å². The molecule has 3 rings (SSSR count). The van der Waals surface area contributed by atoms with Crippen LogP contribution >= 0.6 is 11.3 Å². The van der Waals surface area contributed by atoms with Gasteiger partial charge in [0.1, 0.15) is 9.77 Å². The topological polar surface area (TPSA) is 83.5 Å². The Bertz CT molecular complexity index is 795. The Kier molecular flexibility index (Phi) is 3.56. The first-order valence-corrected chi connectivity index (χ1v) is 8.73. The molecule has 1 aromatic heterocycles. The van der Waals surface area contributed by atoms with Crippen LogP contribution < -0.4 is 4.72 Å². The Hall–Kier alpha value is -1.70. The van der Waals surface area contributed by atoms with E-state index in [2.05, 4.69) is 4.72 Å². The minimum absolute atomic E-state index is 0.155. The molecule has 0 fully saturated rings. The quantitative estimate of drug-likeness (QED) is 0.882. The number of hydrogen-bond acceptors (Lipinski definition) is 4. The highest BCUT2D eigenvalue weighted by Gasteiger charge is 2.29. The first kappa shape index (κ1) is 14.2. The number of carboxylic acids is 1. The molecular formula is C14H13NO4S2. The molecule has 2 N–H and O–H groups in total. The summed E-state index contributed by atoms with van der Waals surface area (Å²) in [6, 6.07) is 9.24. The third kappa shape index (κ3) is 2.59. The summed E-state index contributed by atoms with van der Waals surface area (Å²) in [4.78, 5) is 10.7. The standard InChI is InChI=1S/C14H13NO4S2/c16-14(17)13-12(5-6-20-13)21(18,19)15-8-10-7-9-3-1-2-4-11(9)10/h1-6,10,15H,7-8H2,(H,16,17). The smallest absolute Gasteiger partial charge is 0.347 e. The van der Waals surface area contributed by atoms with E-state index in [1.165, 1.54) is 17.0 Å². The van der Waals surface area contributed by atoms with Crippen molar-refractivity contribution in [1.82, 2.24) is 4.72 Å². The SMILES string of the molecule is O=C(O)c1sccc1S(=O)(=O)NCC1Cc2ccccc21. The van der Waals surface area contributed by atoms with Crippen LogP contribution in [-0.4, -0.2) is 26.0 Å². The molecule has 110 valence electrons. The molecule has 5 nitrogen and oxygen atoms in total. The van der Waals surface area contributed by atoms with E-state index in [0.29, 0.717) is 0 Å². The molecule has 0 aliphatic heterocycles. The number of thiophene rings is 1. The van der Waals surface area contributed by atoms with Gasteiger partial charge in [0.2, 0.25) is 10.0 Å². The number of rotatable bonds is 5. The predicted molar refractivity (Wildman–Crippen MR) is 79.4 cm³/mol. The average Bonchev–Trinajstić information content (AvgIpc) is 2.90. The van der Waals surface area contributed by atoms with E-state index in [1.807, 2.05) is 24.3 Å².